The number of urea groups is 1. The summed E-state index contributed by atoms with van der Waals surface area (Å²) in [6.45, 7) is 17.7. The van der Waals surface area contributed by atoms with E-state index in [1.165, 1.54) is 4.90 Å². The molecule has 0 unspecified atom stereocenters. The van der Waals surface area contributed by atoms with Gasteiger partial charge in [0.15, 0.2) is 18.4 Å². The summed E-state index contributed by atoms with van der Waals surface area (Å²) < 4.78 is 29.1. The fourth-order valence-corrected chi connectivity index (χ4v) is 13.8. The van der Waals surface area contributed by atoms with Gasteiger partial charge in [0.05, 0.1) is 58.2 Å². The van der Waals surface area contributed by atoms with Crippen LogP contribution in [0.5, 0.6) is 11.6 Å². The highest BCUT2D eigenvalue weighted by Gasteiger charge is 2.45. The minimum absolute atomic E-state index is 0.0232. The Morgan fingerprint density at radius 3 is 2.32 bits per heavy atom. The first kappa shape index (κ1) is 71.0. The number of carbonyl (C=O) groups is 6. The number of rotatable bonds is 28. The molecule has 0 spiro atoms. The predicted molar refractivity (Wildman–Crippen MR) is 365 cm³/mol. The quantitative estimate of drug-likeness (QED) is 0.0206. The Labute approximate surface area is 569 Å². The number of aryl methyl sites for hydroxylation is 1. The highest BCUT2D eigenvalue weighted by atomic mass is 32.1. The monoisotopic (exact) mass is 1350 g/mol. The maximum atomic E-state index is 14.4. The highest BCUT2D eigenvalue weighted by Crippen LogP contribution is 2.40. The zero-order chi connectivity index (χ0) is 68.9. The lowest BCUT2D eigenvalue weighted by Gasteiger charge is -2.48. The van der Waals surface area contributed by atoms with E-state index in [-0.39, 0.29) is 80.9 Å². The number of nitrogens with zero attached hydrogens (tertiary/aromatic N) is 9. The number of para-hydroxylation sites is 1. The normalized spacial score (nSPS) is 18.8. The molecule has 27 nitrogen and oxygen atoms in total. The second-order valence-electron chi connectivity index (χ2n) is 26.1. The summed E-state index contributed by atoms with van der Waals surface area (Å²) in [5, 5.41) is 35.5. The molecule has 0 bridgehead atoms. The molecule has 4 aliphatic rings. The van der Waals surface area contributed by atoms with Gasteiger partial charge in [-0.2, -0.15) is 0 Å². The van der Waals surface area contributed by atoms with E-state index in [0.29, 0.717) is 79.4 Å². The predicted octanol–water partition coefficient (Wildman–Crippen LogP) is 6.42. The van der Waals surface area contributed by atoms with Crippen molar-refractivity contribution in [2.24, 2.45) is 29.2 Å². The number of β-amino-alcohol motifs (C(OH)–C–C–N with tert-alkyl or cyclic N) is 1. The Bertz CT molecular complexity index is 3660. The molecule has 3 aromatic carbocycles. The molecular formula is C69H91N15O12S. The van der Waals surface area contributed by atoms with Crippen molar-refractivity contribution in [3.8, 4) is 33.3 Å². The molecule has 3 aromatic heterocycles. The smallest absolute Gasteiger partial charge is 0.415 e. The molecule has 7 atom stereocenters. The van der Waals surface area contributed by atoms with Gasteiger partial charge >= 0.3 is 12.1 Å². The van der Waals surface area contributed by atoms with Crippen molar-refractivity contribution >= 4 is 64.3 Å². The standard InChI is InChI=1S/C69H91N15O12S/c1-41(2)60(67(89)83-37-51(85)31-56(83)65(87)74-43(5)47-16-18-48(19-17-47)62-44(6)73-39-97-62)58-33-59(79-96-58)93-30-29-80-25-22-45(23-26-80)34-81-27-28-82-50(35-81)36-84(63-55(82)32-54(77-78-63)52-11-8-9-13-57(52)95-40-92-7)69(91)94-38-46-14-20-49(21-15-46)75-64(86)53(12-10-24-72-68(71)90)76-66(88)61(70)42(3)4/h8-9,11,13-21,32-33,39,41-43,45,50-51,53,56,60-61,85H,10,12,22-31,34-38,40,70H2,1-7H3,(H,74,87)(H,75,86)(H,76,88)(H3,71,72,90)/t43-,50+,51+,53-,56-,60+,61-/m0/s1. The Balaban J connectivity index is 0.718. The van der Waals surface area contributed by atoms with Gasteiger partial charge in [-0.1, -0.05) is 76.2 Å². The number of fused-ring (bicyclic) bond motifs is 3. The fraction of sp³-hybridized carbons (Fsp3) is 0.507. The first-order chi connectivity index (χ1) is 46.7. The SMILES string of the molecule is COCOc1ccccc1-c1cc2c(nn1)N(C(=O)OCc1ccc(NC(=O)[C@H](CCCNC(N)=O)NC(=O)[C@@H](N)C(C)C)cc1)C[C@H]1CN(CC3CCN(CCOc4cc([C@H](C(=O)N5C[C@H](O)C[C@H]5C(=O)N[C@@H](C)c5ccc(-c6scnc6C)cc5)C(C)C)on4)CC3)CCN21. The van der Waals surface area contributed by atoms with Crippen LogP contribution in [0, 0.1) is 24.7 Å². The second-order valence-corrected chi connectivity index (χ2v) is 27.0. The number of aliphatic hydroxyl groups excluding tert-OH is 1. The van der Waals surface area contributed by atoms with Gasteiger partial charge in [-0.25, -0.2) is 14.6 Å². The Morgan fingerprint density at radius 1 is 0.845 bits per heavy atom. The Kier molecular flexibility index (Phi) is 24.1. The molecule has 3 saturated heterocycles. The molecule has 6 aromatic rings. The number of nitrogens with one attached hydrogen (secondary N) is 4. The van der Waals surface area contributed by atoms with Gasteiger partial charge < -0.3 is 71.1 Å². The third kappa shape index (κ3) is 18.1. The van der Waals surface area contributed by atoms with Crippen molar-refractivity contribution in [2.75, 3.05) is 101 Å². The zero-order valence-electron chi connectivity index (χ0n) is 56.2. The number of hydrogen-bond donors (Lipinski definition) is 7. The van der Waals surface area contributed by atoms with Crippen LogP contribution in [-0.2, 0) is 35.3 Å². The van der Waals surface area contributed by atoms with Crippen LogP contribution in [-0.4, -0.2) is 192 Å². The lowest BCUT2D eigenvalue weighted by Crippen LogP contribution is -2.61. The summed E-state index contributed by atoms with van der Waals surface area (Å²) in [6.07, 6.45) is 1.22. The third-order valence-electron chi connectivity index (χ3n) is 18.5. The molecule has 0 radical (unpaired) electrons. The van der Waals surface area contributed by atoms with Crippen LogP contribution in [0.25, 0.3) is 21.7 Å². The molecule has 9 N–H and O–H groups in total. The average Bonchev–Trinajstić information content (AvgIpc) is 1.64. The van der Waals surface area contributed by atoms with Crippen LogP contribution in [0.4, 0.5) is 26.8 Å². The first-order valence-electron chi connectivity index (χ1n) is 33.3. The summed E-state index contributed by atoms with van der Waals surface area (Å²) in [5.74, 6) is -0.734. The minimum atomic E-state index is -0.942. The molecule has 0 aliphatic carbocycles. The number of methoxy groups -OCH3 is 1. The van der Waals surface area contributed by atoms with E-state index in [0.717, 1.165) is 72.0 Å². The van der Waals surface area contributed by atoms with Crippen molar-refractivity contribution in [1.29, 1.82) is 0 Å². The van der Waals surface area contributed by atoms with Gasteiger partial charge in [0.2, 0.25) is 23.6 Å². The van der Waals surface area contributed by atoms with Crippen molar-refractivity contribution in [1.82, 2.24) is 51.0 Å². The number of aromatic nitrogens is 4. The number of thiazole rings is 1. The summed E-state index contributed by atoms with van der Waals surface area (Å²) >= 11 is 1.58. The van der Waals surface area contributed by atoms with E-state index in [1.54, 1.807) is 53.7 Å². The first-order valence-corrected chi connectivity index (χ1v) is 34.2. The second kappa shape index (κ2) is 33.0. The number of ether oxygens (including phenoxy) is 4. The molecule has 520 valence electrons. The minimum Gasteiger partial charge on any atom is -0.474 e. The summed E-state index contributed by atoms with van der Waals surface area (Å²) in [6, 6.07) is 22.2. The van der Waals surface area contributed by atoms with E-state index < -0.39 is 54.1 Å². The maximum absolute atomic E-state index is 14.4. The molecule has 3 fully saturated rings. The van der Waals surface area contributed by atoms with Gasteiger partial charge in [-0.05, 0) is 123 Å². The highest BCUT2D eigenvalue weighted by molar-refractivity contribution is 7.13. The number of amides is 7. The number of primary amides is 1. The molecule has 97 heavy (non-hydrogen) atoms. The fourth-order valence-electron chi connectivity index (χ4n) is 13.0. The Morgan fingerprint density at radius 2 is 1.61 bits per heavy atom. The van der Waals surface area contributed by atoms with Crippen LogP contribution in [0.15, 0.2) is 95.0 Å². The van der Waals surface area contributed by atoms with Gasteiger partial charge in [-0.15, -0.1) is 21.5 Å². The topological polar surface area (TPSA) is 341 Å². The summed E-state index contributed by atoms with van der Waals surface area (Å²) in [4.78, 5) is 96.0. The van der Waals surface area contributed by atoms with Crippen LogP contribution in [0.3, 0.4) is 0 Å². The van der Waals surface area contributed by atoms with Crippen LogP contribution >= 0.6 is 11.3 Å². The van der Waals surface area contributed by atoms with Crippen molar-refractivity contribution in [2.45, 2.75) is 122 Å². The van der Waals surface area contributed by atoms with Crippen LogP contribution < -0.4 is 52.0 Å². The zero-order valence-corrected chi connectivity index (χ0v) is 57.0. The number of aliphatic hydroxyl groups is 1. The lowest BCUT2D eigenvalue weighted by atomic mass is 9.91. The number of carbonyl (C=O) groups excluding carboxylic acids is 6. The summed E-state index contributed by atoms with van der Waals surface area (Å²) in [5.41, 5.74) is 19.2. The maximum Gasteiger partial charge on any atom is 0.415 e. The number of likely N-dealkylation sites (tertiary alicyclic amines) is 2. The van der Waals surface area contributed by atoms with E-state index in [1.807, 2.05) is 102 Å². The average molecular weight is 1350 g/mol. The largest absolute Gasteiger partial charge is 0.474 e. The van der Waals surface area contributed by atoms with Gasteiger partial charge in [0.1, 0.15) is 37.0 Å². The summed E-state index contributed by atoms with van der Waals surface area (Å²) in [7, 11) is 1.56. The van der Waals surface area contributed by atoms with Crippen LogP contribution in [0.1, 0.15) is 101 Å². The Hall–Kier alpha value is -8.80. The number of benzene rings is 3. The van der Waals surface area contributed by atoms with E-state index in [9.17, 15) is 33.9 Å². The molecule has 10 rings (SSSR count). The van der Waals surface area contributed by atoms with E-state index in [2.05, 4.69) is 56.3 Å². The third-order valence-corrected chi connectivity index (χ3v) is 19.4. The number of anilines is 3. The van der Waals surface area contributed by atoms with E-state index >= 15 is 0 Å². The van der Waals surface area contributed by atoms with Gasteiger partial charge in [-0.3, -0.25) is 33.9 Å². The molecule has 0 saturated carbocycles. The molecule has 7 heterocycles. The molecule has 7 amide bonds. The number of piperidine rings is 1. The number of nitrogens with two attached hydrogens (primary N) is 2. The van der Waals surface area contributed by atoms with Crippen molar-refractivity contribution in [3.05, 3.63) is 113 Å². The molecule has 28 heteroatoms. The van der Waals surface area contributed by atoms with Gasteiger partial charge in [0, 0.05) is 76.7 Å². The number of hydrogen-bond acceptors (Lipinski definition) is 21. The van der Waals surface area contributed by atoms with Crippen LogP contribution in [0.2, 0.25) is 0 Å². The van der Waals surface area contributed by atoms with Crippen molar-refractivity contribution in [3.63, 3.8) is 0 Å². The van der Waals surface area contributed by atoms with E-state index in [4.69, 9.17) is 34.9 Å². The number of piperazine rings is 1. The van der Waals surface area contributed by atoms with Crippen molar-refractivity contribution < 1.29 is 57.3 Å². The van der Waals surface area contributed by atoms with Gasteiger partial charge in [0.25, 0.3) is 5.88 Å². The molecule has 4 aliphatic heterocycles. The molecular weight excluding hydrogens is 1260 g/mol. The lowest BCUT2D eigenvalue weighted by molar-refractivity contribution is -0.141.